The molecule has 6 aromatic heterocycles. The molecule has 0 radical (unpaired) electrons. The highest BCUT2D eigenvalue weighted by molar-refractivity contribution is 7.26. The van der Waals surface area contributed by atoms with E-state index in [0.29, 0.717) is 36.6 Å². The molecule has 1 saturated heterocycles. The number of thiophene rings is 2. The summed E-state index contributed by atoms with van der Waals surface area (Å²) in [4.78, 5) is 41.6. The van der Waals surface area contributed by atoms with Crippen LogP contribution in [0.25, 0.3) is 63.6 Å². The fraction of sp³-hybridized carbons (Fsp3) is 0.378. The van der Waals surface area contributed by atoms with E-state index in [0.717, 1.165) is 93.9 Å². The highest BCUT2D eigenvalue weighted by Crippen LogP contribution is 2.41. The molecule has 0 aliphatic carbocycles. The summed E-state index contributed by atoms with van der Waals surface area (Å²) in [5.41, 5.74) is 5.25. The van der Waals surface area contributed by atoms with E-state index in [1.54, 1.807) is 11.3 Å². The van der Waals surface area contributed by atoms with Gasteiger partial charge in [0.15, 0.2) is 11.6 Å². The monoisotopic (exact) mass is 877 g/mol. The summed E-state index contributed by atoms with van der Waals surface area (Å²) in [5, 5.41) is 2.02. The molecule has 0 amide bonds. The molecule has 13 nitrogen and oxygen atoms in total. The summed E-state index contributed by atoms with van der Waals surface area (Å²) >= 11 is 9.16. The number of ether oxygens (including phenoxy) is 4. The number of benzene rings is 2. The molecule has 7 heterocycles. The zero-order valence-corrected chi connectivity index (χ0v) is 38.0. The molecule has 1 aliphatic heterocycles. The lowest BCUT2D eigenvalue weighted by molar-refractivity contribution is 0.242. The zero-order chi connectivity index (χ0) is 42.8. The minimum absolute atomic E-state index is 0.131. The first-order chi connectivity index (χ1) is 29.5. The van der Waals surface area contributed by atoms with Crippen molar-refractivity contribution in [3.8, 4) is 46.0 Å². The molecule has 0 saturated carbocycles. The van der Waals surface area contributed by atoms with Crippen LogP contribution in [-0.2, 0) is 0 Å². The van der Waals surface area contributed by atoms with E-state index in [4.69, 9.17) is 60.5 Å². The van der Waals surface area contributed by atoms with Crippen LogP contribution in [0.1, 0.15) is 72.2 Å². The average molecular weight is 879 g/mol. The first-order valence-corrected chi connectivity index (χ1v) is 22.7. The molecule has 1 aliphatic rings. The maximum atomic E-state index is 6.10. The van der Waals surface area contributed by atoms with Gasteiger partial charge >= 0.3 is 0 Å². The normalized spacial score (nSPS) is 13.1. The SMILES string of the molecule is CCOc1nc(Cl)nc2c1sc1nc(-c3ccc(OC(C)C)cc3)nc(C)c12.CCOc1nc(N2CCCCC2)nc2c1sc1nc(-c3ccc(OC(C)C)cc3)nc(C)c12. The van der Waals surface area contributed by atoms with Gasteiger partial charge in [-0.25, -0.2) is 29.9 Å². The molecular formula is C45H48ClN9O4S2. The molecule has 16 heteroatoms. The predicted molar refractivity (Wildman–Crippen MR) is 246 cm³/mol. The molecule has 2 aromatic carbocycles. The Morgan fingerprint density at radius 1 is 0.590 bits per heavy atom. The Labute approximate surface area is 367 Å². The molecule has 316 valence electrons. The van der Waals surface area contributed by atoms with Crippen LogP contribution >= 0.6 is 34.3 Å². The van der Waals surface area contributed by atoms with Crippen LogP contribution in [0, 0.1) is 13.8 Å². The zero-order valence-electron chi connectivity index (χ0n) is 35.6. The fourth-order valence-electron chi connectivity index (χ4n) is 7.20. The van der Waals surface area contributed by atoms with Gasteiger partial charge in [0, 0.05) is 24.2 Å². The molecule has 0 bridgehead atoms. The number of aryl methyl sites for hydroxylation is 2. The standard InChI is InChI=1S/C25H29N5O2S.C20H19ClN4O2S/c1-5-31-23-21-20(27-25(29-23)30-13-7-6-8-14-30)19-16(4)26-22(28-24(19)33-21)17-9-11-18(12-10-17)32-15(2)3;1-5-26-18-16-15(23-20(21)25-18)14-11(4)22-17(24-19(14)28-16)12-6-8-13(9-7-12)27-10(2)3/h9-12,15H,5-8,13-14H2,1-4H3;6-10H,5H2,1-4H3. The lowest BCUT2D eigenvalue weighted by atomic mass is 10.1. The number of fused-ring (bicyclic) bond motifs is 6. The van der Waals surface area contributed by atoms with Crippen LogP contribution in [-0.4, -0.2) is 78.4 Å². The summed E-state index contributed by atoms with van der Waals surface area (Å²) < 4.78 is 24.8. The fourth-order valence-corrected chi connectivity index (χ4v) is 9.57. The summed E-state index contributed by atoms with van der Waals surface area (Å²) in [6.45, 7) is 18.9. The number of hydrogen-bond donors (Lipinski definition) is 0. The molecule has 0 N–H and O–H groups in total. The predicted octanol–water partition coefficient (Wildman–Crippen LogP) is 11.2. The number of halogens is 1. The van der Waals surface area contributed by atoms with Crippen LogP contribution in [0.5, 0.6) is 23.3 Å². The largest absolute Gasteiger partial charge is 0.491 e. The van der Waals surface area contributed by atoms with Crippen molar-refractivity contribution in [1.29, 1.82) is 0 Å². The lowest BCUT2D eigenvalue weighted by Crippen LogP contribution is -2.31. The van der Waals surface area contributed by atoms with Crippen LogP contribution in [0.4, 0.5) is 5.95 Å². The Morgan fingerprint density at radius 2 is 1.05 bits per heavy atom. The Balaban J connectivity index is 0.000000171. The van der Waals surface area contributed by atoms with Crippen molar-refractivity contribution in [2.45, 2.75) is 86.9 Å². The van der Waals surface area contributed by atoms with Crippen molar-refractivity contribution in [3.63, 3.8) is 0 Å². The average Bonchev–Trinajstić information content (AvgIpc) is 3.81. The maximum absolute atomic E-state index is 6.10. The minimum Gasteiger partial charge on any atom is -0.491 e. The lowest BCUT2D eigenvalue weighted by Gasteiger charge is -2.26. The number of hydrogen-bond acceptors (Lipinski definition) is 15. The Kier molecular flexibility index (Phi) is 12.6. The van der Waals surface area contributed by atoms with Crippen molar-refractivity contribution in [2.24, 2.45) is 0 Å². The molecule has 61 heavy (non-hydrogen) atoms. The first kappa shape index (κ1) is 42.2. The number of piperidine rings is 1. The molecule has 1 fully saturated rings. The summed E-state index contributed by atoms with van der Waals surface area (Å²) in [6.07, 6.45) is 3.87. The van der Waals surface area contributed by atoms with Crippen LogP contribution in [0.2, 0.25) is 5.28 Å². The second kappa shape index (κ2) is 18.2. The van der Waals surface area contributed by atoms with E-state index >= 15 is 0 Å². The summed E-state index contributed by atoms with van der Waals surface area (Å²) in [7, 11) is 0. The Morgan fingerprint density at radius 3 is 1.51 bits per heavy atom. The molecule has 0 atom stereocenters. The maximum Gasteiger partial charge on any atom is 0.236 e. The van der Waals surface area contributed by atoms with Gasteiger partial charge in [-0.3, -0.25) is 0 Å². The van der Waals surface area contributed by atoms with Gasteiger partial charge in [0.2, 0.25) is 23.0 Å². The van der Waals surface area contributed by atoms with Crippen molar-refractivity contribution >= 4 is 81.1 Å². The first-order valence-electron chi connectivity index (χ1n) is 20.7. The van der Waals surface area contributed by atoms with Crippen LogP contribution in [0.3, 0.4) is 0 Å². The Hall–Kier alpha value is -5.51. The van der Waals surface area contributed by atoms with Crippen molar-refractivity contribution in [1.82, 2.24) is 39.9 Å². The topological polar surface area (TPSA) is 143 Å². The van der Waals surface area contributed by atoms with Gasteiger partial charge in [-0.1, -0.05) is 0 Å². The van der Waals surface area contributed by atoms with Crippen LogP contribution in [0.15, 0.2) is 48.5 Å². The van der Waals surface area contributed by atoms with E-state index in [9.17, 15) is 0 Å². The van der Waals surface area contributed by atoms with E-state index < -0.39 is 0 Å². The van der Waals surface area contributed by atoms with E-state index in [2.05, 4.69) is 14.9 Å². The highest BCUT2D eigenvalue weighted by atomic mass is 35.5. The minimum atomic E-state index is 0.131. The second-order valence-electron chi connectivity index (χ2n) is 15.1. The van der Waals surface area contributed by atoms with Gasteiger partial charge in [0.1, 0.15) is 41.6 Å². The quantitative estimate of drug-likeness (QED) is 0.114. The van der Waals surface area contributed by atoms with E-state index in [-0.39, 0.29) is 17.5 Å². The number of nitrogens with zero attached hydrogens (tertiary/aromatic N) is 9. The third kappa shape index (κ3) is 9.09. The molecule has 9 rings (SSSR count). The van der Waals surface area contributed by atoms with Gasteiger partial charge in [-0.2, -0.15) is 9.97 Å². The van der Waals surface area contributed by atoms with Gasteiger partial charge in [0.05, 0.1) is 47.6 Å². The molecule has 0 unspecified atom stereocenters. The molecule has 0 spiro atoms. The third-order valence-corrected chi connectivity index (χ3v) is 12.1. The van der Waals surface area contributed by atoms with E-state index in [1.807, 2.05) is 104 Å². The Bertz CT molecular complexity index is 2830. The third-order valence-electron chi connectivity index (χ3n) is 9.78. The van der Waals surface area contributed by atoms with Crippen molar-refractivity contribution < 1.29 is 18.9 Å². The molecular weight excluding hydrogens is 830 g/mol. The van der Waals surface area contributed by atoms with Crippen molar-refractivity contribution in [2.75, 3.05) is 31.2 Å². The smallest absolute Gasteiger partial charge is 0.236 e. The molecule has 8 aromatic rings. The van der Waals surface area contributed by atoms with Gasteiger partial charge in [-0.15, -0.1) is 22.7 Å². The number of aromatic nitrogens is 8. The van der Waals surface area contributed by atoms with Gasteiger partial charge in [-0.05, 0) is 135 Å². The summed E-state index contributed by atoms with van der Waals surface area (Å²) in [5.74, 6) is 4.89. The number of anilines is 1. The summed E-state index contributed by atoms with van der Waals surface area (Å²) in [6, 6.07) is 15.7. The van der Waals surface area contributed by atoms with E-state index in [1.165, 1.54) is 30.6 Å². The van der Waals surface area contributed by atoms with Crippen LogP contribution < -0.4 is 23.8 Å². The van der Waals surface area contributed by atoms with Crippen molar-refractivity contribution in [3.05, 3.63) is 65.2 Å². The van der Waals surface area contributed by atoms with Gasteiger partial charge < -0.3 is 23.8 Å². The number of rotatable bonds is 11. The highest BCUT2D eigenvalue weighted by Gasteiger charge is 2.23. The second-order valence-corrected chi connectivity index (χ2v) is 17.4. The van der Waals surface area contributed by atoms with Gasteiger partial charge in [0.25, 0.3) is 0 Å².